The zero-order valence-corrected chi connectivity index (χ0v) is 20.0. The molecule has 3 rings (SSSR count). The molecule has 0 bridgehead atoms. The highest BCUT2D eigenvalue weighted by atomic mass is 14.9. The predicted octanol–water partition coefficient (Wildman–Crippen LogP) is 7.30. The third-order valence-electron chi connectivity index (χ3n) is 6.41. The molecular formula is C30H38N2. The molecule has 3 N–H and O–H groups in total. The van der Waals surface area contributed by atoms with E-state index in [-0.39, 0.29) is 6.04 Å². The molecule has 0 saturated carbocycles. The Balaban J connectivity index is 2.14. The molecule has 32 heavy (non-hydrogen) atoms. The summed E-state index contributed by atoms with van der Waals surface area (Å²) >= 11 is 0. The Hall–Kier alpha value is -2.84. The van der Waals surface area contributed by atoms with Crippen LogP contribution in [0.5, 0.6) is 0 Å². The minimum Gasteiger partial charge on any atom is -0.398 e. The number of hydrogen-bond acceptors (Lipinski definition) is 2. The van der Waals surface area contributed by atoms with E-state index in [9.17, 15) is 0 Å². The highest BCUT2D eigenvalue weighted by Crippen LogP contribution is 2.37. The van der Waals surface area contributed by atoms with E-state index in [1.165, 1.54) is 16.7 Å². The maximum atomic E-state index is 7.06. The van der Waals surface area contributed by atoms with Crippen LogP contribution < -0.4 is 11.1 Å². The van der Waals surface area contributed by atoms with Gasteiger partial charge in [-0.3, -0.25) is 0 Å². The van der Waals surface area contributed by atoms with E-state index in [4.69, 9.17) is 5.73 Å². The van der Waals surface area contributed by atoms with Crippen LogP contribution in [0.1, 0.15) is 68.7 Å². The highest BCUT2D eigenvalue weighted by molar-refractivity contribution is 5.75. The number of likely N-dealkylation sites (N-methyl/N-ethyl adjacent to an activating group) is 1. The van der Waals surface area contributed by atoms with Crippen molar-refractivity contribution in [1.82, 2.24) is 5.32 Å². The first-order chi connectivity index (χ1) is 15.6. The van der Waals surface area contributed by atoms with Crippen LogP contribution in [-0.2, 0) is 0 Å². The van der Waals surface area contributed by atoms with Crippen LogP contribution in [-0.4, -0.2) is 7.05 Å². The predicted molar refractivity (Wildman–Crippen MR) is 139 cm³/mol. The second-order valence-corrected chi connectivity index (χ2v) is 8.83. The lowest BCUT2D eigenvalue weighted by atomic mass is 9.83. The fourth-order valence-corrected chi connectivity index (χ4v) is 4.51. The first-order valence-electron chi connectivity index (χ1n) is 11.9. The molecular weight excluding hydrogens is 388 g/mol. The van der Waals surface area contributed by atoms with Gasteiger partial charge in [-0.05, 0) is 61.8 Å². The zero-order valence-electron chi connectivity index (χ0n) is 20.0. The minimum absolute atomic E-state index is 0.0203. The summed E-state index contributed by atoms with van der Waals surface area (Å²) in [4.78, 5) is 0. The molecule has 3 atom stereocenters. The fraction of sp³-hybridized carbons (Fsp3) is 0.333. The van der Waals surface area contributed by atoms with Crippen LogP contribution in [0.3, 0.4) is 0 Å². The summed E-state index contributed by atoms with van der Waals surface area (Å²) < 4.78 is 0. The molecule has 0 amide bonds. The summed E-state index contributed by atoms with van der Waals surface area (Å²) in [6, 6.07) is 19.3. The minimum atomic E-state index is 0.0203. The van der Waals surface area contributed by atoms with Crippen LogP contribution in [0.25, 0.3) is 5.70 Å². The maximum Gasteiger partial charge on any atom is 0.0600 e. The number of rotatable bonds is 9. The van der Waals surface area contributed by atoms with Gasteiger partial charge in [-0.1, -0.05) is 98.8 Å². The van der Waals surface area contributed by atoms with Crippen LogP contribution in [0.15, 0.2) is 96.1 Å². The van der Waals surface area contributed by atoms with Gasteiger partial charge in [0.05, 0.1) is 6.04 Å². The topological polar surface area (TPSA) is 38.0 Å². The zero-order chi connectivity index (χ0) is 22.9. The van der Waals surface area contributed by atoms with Gasteiger partial charge in [0.25, 0.3) is 0 Å². The SMILES string of the molecule is C/C=C\CCC(C)c1ccccc1/C(N)=C(\C1=CCC(C)C=C1)C(NC)c1ccccc1. The first-order valence-corrected chi connectivity index (χ1v) is 11.9. The fourth-order valence-electron chi connectivity index (χ4n) is 4.51. The molecule has 0 aliphatic heterocycles. The van der Waals surface area contributed by atoms with Gasteiger partial charge in [0.2, 0.25) is 0 Å². The number of benzene rings is 2. The van der Waals surface area contributed by atoms with Crippen molar-refractivity contribution >= 4 is 5.70 Å². The lowest BCUT2D eigenvalue weighted by Crippen LogP contribution is -2.23. The molecule has 3 unspecified atom stereocenters. The maximum absolute atomic E-state index is 7.06. The van der Waals surface area contributed by atoms with Crippen LogP contribution >= 0.6 is 0 Å². The van der Waals surface area contributed by atoms with Crippen molar-refractivity contribution in [3.63, 3.8) is 0 Å². The molecule has 0 radical (unpaired) electrons. The molecule has 1 aliphatic rings. The van der Waals surface area contributed by atoms with Crippen molar-refractivity contribution in [2.24, 2.45) is 11.7 Å². The Morgan fingerprint density at radius 2 is 1.84 bits per heavy atom. The Bertz CT molecular complexity index is 995. The second kappa shape index (κ2) is 11.7. The molecule has 0 heterocycles. The number of allylic oxidation sites excluding steroid dienone is 5. The van der Waals surface area contributed by atoms with E-state index >= 15 is 0 Å². The Kier molecular flexibility index (Phi) is 8.70. The molecule has 2 nitrogen and oxygen atoms in total. The summed E-state index contributed by atoms with van der Waals surface area (Å²) in [7, 11) is 2.02. The van der Waals surface area contributed by atoms with Crippen molar-refractivity contribution in [1.29, 1.82) is 0 Å². The van der Waals surface area contributed by atoms with E-state index in [0.717, 1.165) is 36.1 Å². The highest BCUT2D eigenvalue weighted by Gasteiger charge is 2.24. The molecule has 1 aliphatic carbocycles. The standard InChI is InChI=1S/C30H38N2/c1-5-6-8-13-23(3)26-16-11-12-17-27(26)29(31)28(24-20-18-22(2)19-21-24)30(32-4)25-14-9-7-10-15-25/h5-7,9-12,14-18,20-23,30,32H,8,13,19,31H2,1-4H3/b6-5-,29-28-. The van der Waals surface area contributed by atoms with Gasteiger partial charge in [-0.2, -0.15) is 0 Å². The smallest absolute Gasteiger partial charge is 0.0600 e. The molecule has 0 aromatic heterocycles. The average molecular weight is 427 g/mol. The largest absolute Gasteiger partial charge is 0.398 e. The van der Waals surface area contributed by atoms with Gasteiger partial charge >= 0.3 is 0 Å². The van der Waals surface area contributed by atoms with Gasteiger partial charge in [0.15, 0.2) is 0 Å². The molecule has 2 aromatic rings. The van der Waals surface area contributed by atoms with E-state index in [2.05, 4.69) is 111 Å². The monoisotopic (exact) mass is 426 g/mol. The van der Waals surface area contributed by atoms with E-state index < -0.39 is 0 Å². The molecule has 168 valence electrons. The van der Waals surface area contributed by atoms with E-state index in [0.29, 0.717) is 11.8 Å². The van der Waals surface area contributed by atoms with E-state index in [1.54, 1.807) is 0 Å². The quantitative estimate of drug-likeness (QED) is 0.413. The third kappa shape index (κ3) is 5.69. The van der Waals surface area contributed by atoms with Gasteiger partial charge in [0.1, 0.15) is 0 Å². The lowest BCUT2D eigenvalue weighted by Gasteiger charge is -2.27. The van der Waals surface area contributed by atoms with Crippen LogP contribution in [0.2, 0.25) is 0 Å². The van der Waals surface area contributed by atoms with Crippen LogP contribution in [0.4, 0.5) is 0 Å². The lowest BCUT2D eigenvalue weighted by molar-refractivity contribution is 0.675. The number of nitrogens with two attached hydrogens (primary N) is 1. The number of nitrogens with one attached hydrogen (secondary N) is 1. The molecule has 2 aromatic carbocycles. The molecule has 0 fully saturated rings. The van der Waals surface area contributed by atoms with Gasteiger partial charge < -0.3 is 11.1 Å². The first kappa shape index (κ1) is 23.8. The van der Waals surface area contributed by atoms with Gasteiger partial charge in [0, 0.05) is 16.8 Å². The summed E-state index contributed by atoms with van der Waals surface area (Å²) in [6.07, 6.45) is 14.5. The third-order valence-corrected chi connectivity index (χ3v) is 6.41. The Morgan fingerprint density at radius 1 is 1.12 bits per heavy atom. The summed E-state index contributed by atoms with van der Waals surface area (Å²) in [5.41, 5.74) is 14.0. The van der Waals surface area contributed by atoms with Crippen molar-refractivity contribution in [2.45, 2.75) is 52.0 Å². The molecule has 0 saturated heterocycles. The van der Waals surface area contributed by atoms with Crippen molar-refractivity contribution in [3.8, 4) is 0 Å². The van der Waals surface area contributed by atoms with Crippen molar-refractivity contribution in [2.75, 3.05) is 7.05 Å². The Morgan fingerprint density at radius 3 is 2.50 bits per heavy atom. The average Bonchev–Trinajstić information content (AvgIpc) is 2.83. The van der Waals surface area contributed by atoms with Gasteiger partial charge in [-0.25, -0.2) is 0 Å². The van der Waals surface area contributed by atoms with E-state index in [1.807, 2.05) is 7.05 Å². The van der Waals surface area contributed by atoms with Crippen molar-refractivity contribution in [3.05, 3.63) is 113 Å². The normalized spacial score (nSPS) is 18.9. The summed E-state index contributed by atoms with van der Waals surface area (Å²) in [6.45, 7) is 6.65. The summed E-state index contributed by atoms with van der Waals surface area (Å²) in [5, 5.41) is 3.55. The van der Waals surface area contributed by atoms with Crippen LogP contribution in [0, 0.1) is 5.92 Å². The number of hydrogen-bond donors (Lipinski definition) is 2. The van der Waals surface area contributed by atoms with Crippen molar-refractivity contribution < 1.29 is 0 Å². The molecule has 0 spiro atoms. The Labute approximate surface area is 194 Å². The second-order valence-electron chi connectivity index (χ2n) is 8.83. The summed E-state index contributed by atoms with van der Waals surface area (Å²) in [5.74, 6) is 0.993. The van der Waals surface area contributed by atoms with Gasteiger partial charge in [-0.15, -0.1) is 0 Å². The molecule has 2 heteroatoms.